The minimum Gasteiger partial charge on any atom is -0.388 e. The van der Waals surface area contributed by atoms with Crippen molar-refractivity contribution < 1.29 is 9.32 Å². The van der Waals surface area contributed by atoms with Crippen LogP contribution in [0.5, 0.6) is 0 Å². The van der Waals surface area contributed by atoms with Crippen molar-refractivity contribution in [3.63, 3.8) is 0 Å². The van der Waals surface area contributed by atoms with Gasteiger partial charge >= 0.3 is 0 Å². The van der Waals surface area contributed by atoms with Crippen molar-refractivity contribution in [2.24, 2.45) is 0 Å². The van der Waals surface area contributed by atoms with Crippen LogP contribution in [-0.4, -0.2) is 32.5 Å². The summed E-state index contributed by atoms with van der Waals surface area (Å²) in [6.07, 6.45) is 4.64. The highest BCUT2D eigenvalue weighted by Gasteiger charge is 2.14. The van der Waals surface area contributed by atoms with Crippen LogP contribution in [0.15, 0.2) is 53.6 Å². The van der Waals surface area contributed by atoms with E-state index in [0.29, 0.717) is 22.9 Å². The maximum absolute atomic E-state index is 12.8. The van der Waals surface area contributed by atoms with Crippen molar-refractivity contribution >= 4 is 22.9 Å². The predicted molar refractivity (Wildman–Crippen MR) is 97.2 cm³/mol. The van der Waals surface area contributed by atoms with Gasteiger partial charge in [0.2, 0.25) is 12.2 Å². The number of fused-ring (bicyclic) bond motifs is 1. The van der Waals surface area contributed by atoms with E-state index in [4.69, 9.17) is 4.52 Å². The van der Waals surface area contributed by atoms with Crippen molar-refractivity contribution in [3.8, 4) is 11.4 Å². The monoisotopic (exact) mass is 348 g/mol. The van der Waals surface area contributed by atoms with Gasteiger partial charge in [0.1, 0.15) is 11.3 Å². The summed E-state index contributed by atoms with van der Waals surface area (Å²) in [5.41, 5.74) is 4.44. The van der Waals surface area contributed by atoms with E-state index in [9.17, 15) is 4.79 Å². The van der Waals surface area contributed by atoms with Gasteiger partial charge in [-0.15, -0.1) is 0 Å². The van der Waals surface area contributed by atoms with E-state index in [2.05, 4.69) is 25.8 Å². The molecule has 4 aromatic rings. The Balaban J connectivity index is 1.65. The second kappa shape index (κ2) is 6.32. The molecular formula is C18H16N6O2. The number of carbonyl (C=O) groups is 1. The second-order valence-corrected chi connectivity index (χ2v) is 5.78. The number of carbonyl (C=O) groups excluding carboxylic acids is 1. The Bertz CT molecular complexity index is 1080. The molecule has 3 heterocycles. The molecule has 0 aliphatic carbocycles. The Morgan fingerprint density at radius 3 is 2.85 bits per heavy atom. The van der Waals surface area contributed by atoms with Crippen molar-refractivity contribution in [2.45, 2.75) is 6.92 Å². The summed E-state index contributed by atoms with van der Waals surface area (Å²) >= 11 is 0. The molecule has 26 heavy (non-hydrogen) atoms. The number of benzene rings is 1. The Hall–Kier alpha value is -3.68. The van der Waals surface area contributed by atoms with Crippen LogP contribution < -0.4 is 10.6 Å². The molecule has 0 fully saturated rings. The van der Waals surface area contributed by atoms with Crippen molar-refractivity contribution in [1.82, 2.24) is 19.5 Å². The molecule has 0 bridgehead atoms. The van der Waals surface area contributed by atoms with Crippen LogP contribution >= 0.6 is 0 Å². The van der Waals surface area contributed by atoms with Crippen molar-refractivity contribution in [2.75, 3.05) is 17.7 Å². The molecule has 0 saturated carbocycles. The van der Waals surface area contributed by atoms with Crippen LogP contribution in [0.1, 0.15) is 16.1 Å². The first kappa shape index (κ1) is 15.8. The van der Waals surface area contributed by atoms with Crippen LogP contribution in [-0.2, 0) is 0 Å². The molecule has 0 spiro atoms. The first-order valence-electron chi connectivity index (χ1n) is 7.99. The maximum Gasteiger partial charge on any atom is 0.274 e. The molecular weight excluding hydrogens is 332 g/mol. The lowest BCUT2D eigenvalue weighted by molar-refractivity contribution is 0.102. The standard InChI is InChI=1S/C18H16N6O2/c1-11-3-4-12(17-21-10-26-23-17)7-14(11)22-18(25)15-9-20-16-8-13(19-2)5-6-24(15)16/h3-10,19H,1-2H3,(H,22,25). The fourth-order valence-electron chi connectivity index (χ4n) is 2.68. The smallest absolute Gasteiger partial charge is 0.274 e. The summed E-state index contributed by atoms with van der Waals surface area (Å²) in [5, 5.41) is 9.81. The van der Waals surface area contributed by atoms with Gasteiger partial charge < -0.3 is 15.2 Å². The molecule has 3 aromatic heterocycles. The van der Waals surface area contributed by atoms with Gasteiger partial charge in [0, 0.05) is 36.2 Å². The number of hydrogen-bond acceptors (Lipinski definition) is 6. The van der Waals surface area contributed by atoms with Gasteiger partial charge in [0.25, 0.3) is 5.91 Å². The van der Waals surface area contributed by atoms with Gasteiger partial charge in [-0.25, -0.2) is 4.98 Å². The number of hydrogen-bond donors (Lipinski definition) is 2. The van der Waals surface area contributed by atoms with Gasteiger partial charge in [0.05, 0.1) is 6.20 Å². The van der Waals surface area contributed by atoms with Crippen LogP contribution in [0.25, 0.3) is 17.0 Å². The van der Waals surface area contributed by atoms with E-state index in [1.165, 1.54) is 6.39 Å². The van der Waals surface area contributed by atoms with Crippen molar-refractivity contribution in [3.05, 3.63) is 60.4 Å². The molecule has 0 saturated heterocycles. The molecule has 0 unspecified atom stereocenters. The number of aryl methyl sites for hydroxylation is 1. The van der Waals surface area contributed by atoms with E-state index in [0.717, 1.165) is 16.8 Å². The summed E-state index contributed by atoms with van der Waals surface area (Å²) in [6.45, 7) is 1.92. The zero-order chi connectivity index (χ0) is 18.1. The molecule has 8 heteroatoms. The van der Waals surface area contributed by atoms with E-state index in [1.807, 2.05) is 50.5 Å². The van der Waals surface area contributed by atoms with E-state index in [1.54, 1.807) is 10.6 Å². The summed E-state index contributed by atoms with van der Waals surface area (Å²) in [7, 11) is 1.84. The maximum atomic E-state index is 12.8. The topological polar surface area (TPSA) is 97.3 Å². The molecule has 2 N–H and O–H groups in total. The summed E-state index contributed by atoms with van der Waals surface area (Å²) in [4.78, 5) is 21.1. The number of amides is 1. The van der Waals surface area contributed by atoms with Crippen LogP contribution in [0.2, 0.25) is 0 Å². The highest BCUT2D eigenvalue weighted by atomic mass is 16.5. The number of pyridine rings is 1. The number of rotatable bonds is 4. The number of nitrogens with one attached hydrogen (secondary N) is 2. The van der Waals surface area contributed by atoms with Crippen LogP contribution in [0.4, 0.5) is 11.4 Å². The highest BCUT2D eigenvalue weighted by molar-refractivity contribution is 6.04. The SMILES string of the molecule is CNc1ccn2c(C(=O)Nc3cc(-c4ncon4)ccc3C)cnc2c1. The quantitative estimate of drug-likeness (QED) is 0.588. The molecule has 1 amide bonds. The Labute approximate surface area is 148 Å². The minimum absolute atomic E-state index is 0.247. The van der Waals surface area contributed by atoms with Crippen LogP contribution in [0.3, 0.4) is 0 Å². The molecule has 0 aliphatic rings. The van der Waals surface area contributed by atoms with Gasteiger partial charge in [-0.05, 0) is 24.6 Å². The summed E-state index contributed by atoms with van der Waals surface area (Å²) in [6, 6.07) is 9.35. The fraction of sp³-hybridized carbons (Fsp3) is 0.111. The Morgan fingerprint density at radius 1 is 1.19 bits per heavy atom. The third-order valence-corrected chi connectivity index (χ3v) is 4.14. The fourth-order valence-corrected chi connectivity index (χ4v) is 2.68. The first-order chi connectivity index (χ1) is 12.7. The number of nitrogens with zero attached hydrogens (tertiary/aromatic N) is 4. The van der Waals surface area contributed by atoms with Gasteiger partial charge in [-0.2, -0.15) is 4.98 Å². The molecule has 1 aromatic carbocycles. The lowest BCUT2D eigenvalue weighted by Crippen LogP contribution is -2.15. The zero-order valence-corrected chi connectivity index (χ0v) is 14.2. The summed E-state index contributed by atoms with van der Waals surface area (Å²) in [5.74, 6) is 0.220. The lowest BCUT2D eigenvalue weighted by Gasteiger charge is -2.10. The number of imidazole rings is 1. The first-order valence-corrected chi connectivity index (χ1v) is 7.99. The summed E-state index contributed by atoms with van der Waals surface area (Å²) < 4.78 is 6.53. The number of anilines is 2. The average molecular weight is 348 g/mol. The predicted octanol–water partition coefficient (Wildman–Crippen LogP) is 2.99. The van der Waals surface area contributed by atoms with Crippen LogP contribution in [0, 0.1) is 6.92 Å². The van der Waals surface area contributed by atoms with Crippen molar-refractivity contribution in [1.29, 1.82) is 0 Å². The number of aromatic nitrogens is 4. The molecule has 0 atom stereocenters. The average Bonchev–Trinajstić information content (AvgIpc) is 3.32. The van der Waals surface area contributed by atoms with E-state index in [-0.39, 0.29) is 5.91 Å². The van der Waals surface area contributed by atoms with Gasteiger partial charge in [0.15, 0.2) is 0 Å². The minimum atomic E-state index is -0.247. The third kappa shape index (κ3) is 2.77. The third-order valence-electron chi connectivity index (χ3n) is 4.14. The normalized spacial score (nSPS) is 10.8. The van der Waals surface area contributed by atoms with Gasteiger partial charge in [-0.3, -0.25) is 9.20 Å². The molecule has 130 valence electrons. The Kier molecular flexibility index (Phi) is 3.85. The van der Waals surface area contributed by atoms with Gasteiger partial charge in [-0.1, -0.05) is 17.3 Å². The molecule has 4 rings (SSSR count). The molecule has 0 aliphatic heterocycles. The zero-order valence-electron chi connectivity index (χ0n) is 14.2. The van der Waals surface area contributed by atoms with E-state index >= 15 is 0 Å². The Morgan fingerprint density at radius 2 is 2.08 bits per heavy atom. The highest BCUT2D eigenvalue weighted by Crippen LogP contribution is 2.24. The van der Waals surface area contributed by atoms with E-state index < -0.39 is 0 Å². The largest absolute Gasteiger partial charge is 0.388 e. The second-order valence-electron chi connectivity index (χ2n) is 5.78. The lowest BCUT2D eigenvalue weighted by atomic mass is 10.1. The molecule has 8 nitrogen and oxygen atoms in total. The molecule has 0 radical (unpaired) electrons.